The average molecular weight is 378 g/mol. The van der Waals surface area contributed by atoms with E-state index in [4.69, 9.17) is 0 Å². The highest BCUT2D eigenvalue weighted by atomic mass is 32.2. The molecule has 2 heterocycles. The zero-order chi connectivity index (χ0) is 19.1. The zero-order valence-electron chi connectivity index (χ0n) is 15.0. The Balaban J connectivity index is 1.83. The van der Waals surface area contributed by atoms with E-state index in [9.17, 15) is 18.0 Å². The minimum atomic E-state index is -3.97. The van der Waals surface area contributed by atoms with Gasteiger partial charge >= 0.3 is 5.69 Å². The van der Waals surface area contributed by atoms with Crippen LogP contribution in [0.5, 0.6) is 0 Å². The number of H-pyrrole nitrogens is 2. The minimum absolute atomic E-state index is 0.0514. The first-order valence-electron chi connectivity index (χ1n) is 8.35. The fraction of sp³-hybridized carbons (Fsp3) is 0.412. The van der Waals surface area contributed by atoms with E-state index in [2.05, 4.69) is 16.0 Å². The Bertz CT molecular complexity index is 1050. The van der Waals surface area contributed by atoms with Crippen LogP contribution >= 0.6 is 0 Å². The fourth-order valence-electron chi connectivity index (χ4n) is 3.36. The van der Waals surface area contributed by atoms with Gasteiger partial charge in [-0.1, -0.05) is 17.7 Å². The SMILES string of the molecule is Cc1ccc(N2CCN(S(=O)(=O)c3c(C)[nH]c(=O)[nH]c3=O)CC2)c(C)c1. The minimum Gasteiger partial charge on any atom is -0.369 e. The van der Waals surface area contributed by atoms with Crippen LogP contribution in [-0.4, -0.2) is 48.9 Å². The molecule has 0 spiro atoms. The van der Waals surface area contributed by atoms with Crippen molar-refractivity contribution in [3.05, 3.63) is 55.9 Å². The first kappa shape index (κ1) is 18.4. The lowest BCUT2D eigenvalue weighted by Gasteiger charge is -2.36. The van der Waals surface area contributed by atoms with Crippen molar-refractivity contribution in [2.45, 2.75) is 25.7 Å². The monoisotopic (exact) mass is 378 g/mol. The van der Waals surface area contributed by atoms with Gasteiger partial charge in [-0.2, -0.15) is 4.31 Å². The summed E-state index contributed by atoms with van der Waals surface area (Å²) >= 11 is 0. The molecule has 0 aliphatic carbocycles. The number of nitrogens with one attached hydrogen (secondary N) is 2. The summed E-state index contributed by atoms with van der Waals surface area (Å²) in [7, 11) is -3.97. The first-order chi connectivity index (χ1) is 12.2. The van der Waals surface area contributed by atoms with E-state index in [1.807, 2.05) is 31.0 Å². The third-order valence-electron chi connectivity index (χ3n) is 4.60. The lowest BCUT2D eigenvalue weighted by molar-refractivity contribution is 0.383. The van der Waals surface area contributed by atoms with Gasteiger partial charge in [0.25, 0.3) is 5.56 Å². The molecule has 1 aliphatic heterocycles. The number of hydrogen-bond donors (Lipinski definition) is 2. The molecule has 0 atom stereocenters. The number of hydrogen-bond acceptors (Lipinski definition) is 5. The molecule has 1 aliphatic rings. The van der Waals surface area contributed by atoms with Crippen molar-refractivity contribution in [2.24, 2.45) is 0 Å². The summed E-state index contributed by atoms with van der Waals surface area (Å²) < 4.78 is 27.0. The maximum absolute atomic E-state index is 12.9. The molecule has 1 aromatic heterocycles. The molecule has 2 N–H and O–H groups in total. The summed E-state index contributed by atoms with van der Waals surface area (Å²) in [4.78, 5) is 29.4. The van der Waals surface area contributed by atoms with Crippen LogP contribution in [0.2, 0.25) is 0 Å². The van der Waals surface area contributed by atoms with Gasteiger partial charge in [0.1, 0.15) is 0 Å². The number of anilines is 1. The Kier molecular flexibility index (Phi) is 4.76. The standard InChI is InChI=1S/C17H22N4O4S/c1-11-4-5-14(12(2)10-11)20-6-8-21(9-7-20)26(24,25)15-13(3)18-17(23)19-16(15)22/h4-5,10H,6-9H2,1-3H3,(H2,18,19,22,23). The van der Waals surface area contributed by atoms with Gasteiger partial charge in [0.15, 0.2) is 4.90 Å². The lowest BCUT2D eigenvalue weighted by Crippen LogP contribution is -2.50. The number of piperazine rings is 1. The molecular weight excluding hydrogens is 356 g/mol. The Morgan fingerprint density at radius 1 is 0.962 bits per heavy atom. The molecule has 1 saturated heterocycles. The Labute approximate surface area is 151 Å². The second kappa shape index (κ2) is 6.73. The van der Waals surface area contributed by atoms with Gasteiger partial charge in [0, 0.05) is 37.6 Å². The number of benzene rings is 1. The van der Waals surface area contributed by atoms with Crippen molar-refractivity contribution in [1.82, 2.24) is 14.3 Å². The summed E-state index contributed by atoms with van der Waals surface area (Å²) in [6, 6.07) is 6.18. The molecule has 26 heavy (non-hydrogen) atoms. The van der Waals surface area contributed by atoms with Gasteiger partial charge in [-0.15, -0.1) is 0 Å². The van der Waals surface area contributed by atoms with E-state index in [-0.39, 0.29) is 18.8 Å². The average Bonchev–Trinajstić information content (AvgIpc) is 2.53. The van der Waals surface area contributed by atoms with Crippen LogP contribution in [0.4, 0.5) is 5.69 Å². The van der Waals surface area contributed by atoms with E-state index in [1.54, 1.807) is 0 Å². The highest BCUT2D eigenvalue weighted by Gasteiger charge is 2.32. The molecule has 140 valence electrons. The summed E-state index contributed by atoms with van der Waals surface area (Å²) in [5.74, 6) is 0. The first-order valence-corrected chi connectivity index (χ1v) is 9.79. The summed E-state index contributed by atoms with van der Waals surface area (Å²) in [5.41, 5.74) is 1.87. The summed E-state index contributed by atoms with van der Waals surface area (Å²) in [5, 5.41) is 0. The van der Waals surface area contributed by atoms with Crippen LogP contribution in [0.15, 0.2) is 32.7 Å². The molecule has 1 fully saturated rings. The normalized spacial score (nSPS) is 16.0. The molecule has 9 heteroatoms. The predicted octanol–water partition coefficient (Wildman–Crippen LogP) is 0.499. The van der Waals surface area contributed by atoms with Crippen molar-refractivity contribution in [2.75, 3.05) is 31.1 Å². The van der Waals surface area contributed by atoms with Gasteiger partial charge in [0.05, 0.1) is 0 Å². The highest BCUT2D eigenvalue weighted by molar-refractivity contribution is 7.89. The van der Waals surface area contributed by atoms with Crippen LogP contribution in [0.1, 0.15) is 16.8 Å². The number of aromatic amines is 2. The molecule has 0 radical (unpaired) electrons. The molecule has 2 aromatic rings. The maximum Gasteiger partial charge on any atom is 0.325 e. The molecule has 0 bridgehead atoms. The van der Waals surface area contributed by atoms with Crippen molar-refractivity contribution in [1.29, 1.82) is 0 Å². The lowest BCUT2D eigenvalue weighted by atomic mass is 10.1. The van der Waals surface area contributed by atoms with E-state index in [1.165, 1.54) is 16.8 Å². The van der Waals surface area contributed by atoms with E-state index >= 15 is 0 Å². The van der Waals surface area contributed by atoms with Crippen molar-refractivity contribution in [3.8, 4) is 0 Å². The molecule has 0 amide bonds. The number of aromatic nitrogens is 2. The topological polar surface area (TPSA) is 106 Å². The molecule has 0 unspecified atom stereocenters. The van der Waals surface area contributed by atoms with Gasteiger partial charge in [-0.3, -0.25) is 9.78 Å². The van der Waals surface area contributed by atoms with E-state index < -0.39 is 26.2 Å². The fourth-order valence-corrected chi connectivity index (χ4v) is 4.98. The van der Waals surface area contributed by atoms with Gasteiger partial charge in [-0.05, 0) is 32.4 Å². The van der Waals surface area contributed by atoms with Gasteiger partial charge in [0.2, 0.25) is 10.0 Å². The molecule has 0 saturated carbocycles. The Hall–Kier alpha value is -2.39. The predicted molar refractivity (Wildman–Crippen MR) is 99.3 cm³/mol. The smallest absolute Gasteiger partial charge is 0.325 e. The number of aryl methyl sites for hydroxylation is 3. The largest absolute Gasteiger partial charge is 0.369 e. The van der Waals surface area contributed by atoms with E-state index in [0.717, 1.165) is 11.3 Å². The third kappa shape index (κ3) is 3.32. The van der Waals surface area contributed by atoms with Crippen LogP contribution in [0, 0.1) is 20.8 Å². The van der Waals surface area contributed by atoms with Gasteiger partial charge < -0.3 is 9.88 Å². The molecular formula is C17H22N4O4S. The molecule has 8 nitrogen and oxygen atoms in total. The number of sulfonamides is 1. The van der Waals surface area contributed by atoms with Crippen LogP contribution < -0.4 is 16.1 Å². The quantitative estimate of drug-likeness (QED) is 0.809. The number of nitrogens with zero attached hydrogens (tertiary/aromatic N) is 2. The zero-order valence-corrected chi connectivity index (χ0v) is 15.8. The highest BCUT2D eigenvalue weighted by Crippen LogP contribution is 2.24. The van der Waals surface area contributed by atoms with Crippen LogP contribution in [-0.2, 0) is 10.0 Å². The van der Waals surface area contributed by atoms with E-state index in [0.29, 0.717) is 13.1 Å². The maximum atomic E-state index is 12.9. The van der Waals surface area contributed by atoms with Crippen molar-refractivity contribution < 1.29 is 8.42 Å². The van der Waals surface area contributed by atoms with Crippen molar-refractivity contribution >= 4 is 15.7 Å². The molecule has 1 aromatic carbocycles. The molecule has 3 rings (SSSR count). The van der Waals surface area contributed by atoms with Crippen molar-refractivity contribution in [3.63, 3.8) is 0 Å². The summed E-state index contributed by atoms with van der Waals surface area (Å²) in [6.07, 6.45) is 0. The van der Waals surface area contributed by atoms with Crippen LogP contribution in [0.25, 0.3) is 0 Å². The third-order valence-corrected chi connectivity index (χ3v) is 6.66. The number of rotatable bonds is 3. The summed E-state index contributed by atoms with van der Waals surface area (Å²) in [6.45, 7) is 7.09. The Morgan fingerprint density at radius 2 is 1.62 bits per heavy atom. The van der Waals surface area contributed by atoms with Crippen LogP contribution in [0.3, 0.4) is 0 Å². The second-order valence-electron chi connectivity index (χ2n) is 6.54. The second-order valence-corrected chi connectivity index (χ2v) is 8.42. The Morgan fingerprint density at radius 3 is 2.19 bits per heavy atom. The van der Waals surface area contributed by atoms with Gasteiger partial charge in [-0.25, -0.2) is 13.2 Å².